The molecular formula is C13H24N2O4. The Bertz CT molecular complexity index is 320. The number of urea groups is 1. The number of aliphatic hydroxyl groups excluding tert-OH is 1. The average Bonchev–Trinajstić information content (AvgIpc) is 2.83. The molecule has 2 amide bonds. The minimum atomic E-state index is -0.993. The molecule has 110 valence electrons. The minimum absolute atomic E-state index is 0.0877. The standard InChI is InChI=1S/C13H24N2O4/c1-3-4-5-11(12(17)18)14-13(19)15-7-6-10(8-15)9(2)16/h9-11,16H,3-8H2,1-2H3,(H,14,19)(H,17,18)/t9?,10?,11-/m0/s1. The number of nitrogens with zero attached hydrogens (tertiary/aromatic N) is 1. The van der Waals surface area contributed by atoms with Gasteiger partial charge in [0.05, 0.1) is 6.10 Å². The van der Waals surface area contributed by atoms with Crippen molar-refractivity contribution in [2.24, 2.45) is 5.92 Å². The van der Waals surface area contributed by atoms with Crippen LogP contribution in [0.3, 0.4) is 0 Å². The largest absolute Gasteiger partial charge is 0.480 e. The number of nitrogens with one attached hydrogen (secondary N) is 1. The molecule has 3 N–H and O–H groups in total. The molecule has 1 rings (SSSR count). The number of likely N-dealkylation sites (tertiary alicyclic amines) is 1. The normalized spacial score (nSPS) is 22.1. The van der Waals surface area contributed by atoms with Crippen molar-refractivity contribution in [3.05, 3.63) is 0 Å². The third kappa shape index (κ3) is 4.70. The Kier molecular flexibility index (Phi) is 6.08. The van der Waals surface area contributed by atoms with Crippen LogP contribution in [0.15, 0.2) is 0 Å². The van der Waals surface area contributed by atoms with E-state index in [-0.39, 0.29) is 11.9 Å². The van der Waals surface area contributed by atoms with E-state index in [0.29, 0.717) is 19.5 Å². The SMILES string of the molecule is CCCC[C@H](NC(=O)N1CCC(C(C)O)C1)C(=O)O. The van der Waals surface area contributed by atoms with Gasteiger partial charge < -0.3 is 20.4 Å². The highest BCUT2D eigenvalue weighted by Crippen LogP contribution is 2.19. The molecule has 2 unspecified atom stereocenters. The van der Waals surface area contributed by atoms with E-state index in [1.54, 1.807) is 11.8 Å². The fraction of sp³-hybridized carbons (Fsp3) is 0.846. The van der Waals surface area contributed by atoms with Crippen LogP contribution in [0.4, 0.5) is 4.79 Å². The summed E-state index contributed by atoms with van der Waals surface area (Å²) >= 11 is 0. The van der Waals surface area contributed by atoms with Crippen LogP contribution in [0.1, 0.15) is 39.5 Å². The molecule has 3 atom stereocenters. The third-order valence-electron chi connectivity index (χ3n) is 3.64. The summed E-state index contributed by atoms with van der Waals surface area (Å²) in [4.78, 5) is 24.6. The van der Waals surface area contributed by atoms with Gasteiger partial charge in [-0.15, -0.1) is 0 Å². The van der Waals surface area contributed by atoms with Crippen molar-refractivity contribution in [3.63, 3.8) is 0 Å². The first-order chi connectivity index (χ1) is 8.95. The van der Waals surface area contributed by atoms with Crippen LogP contribution < -0.4 is 5.32 Å². The lowest BCUT2D eigenvalue weighted by Crippen LogP contribution is -2.47. The second-order valence-electron chi connectivity index (χ2n) is 5.22. The summed E-state index contributed by atoms with van der Waals surface area (Å²) < 4.78 is 0. The van der Waals surface area contributed by atoms with Crippen LogP contribution in [0, 0.1) is 5.92 Å². The van der Waals surface area contributed by atoms with Gasteiger partial charge in [0.1, 0.15) is 6.04 Å². The molecule has 0 aliphatic carbocycles. The quantitative estimate of drug-likeness (QED) is 0.674. The number of carboxylic acids is 1. The molecular weight excluding hydrogens is 248 g/mol. The Hall–Kier alpha value is -1.30. The summed E-state index contributed by atoms with van der Waals surface area (Å²) in [5, 5.41) is 21.1. The van der Waals surface area contributed by atoms with E-state index in [9.17, 15) is 14.7 Å². The smallest absolute Gasteiger partial charge is 0.326 e. The molecule has 0 aromatic heterocycles. The number of hydrogen-bond donors (Lipinski definition) is 3. The molecule has 0 saturated carbocycles. The molecule has 1 heterocycles. The molecule has 0 aromatic rings. The van der Waals surface area contributed by atoms with E-state index in [4.69, 9.17) is 5.11 Å². The van der Waals surface area contributed by atoms with Crippen molar-refractivity contribution in [2.75, 3.05) is 13.1 Å². The van der Waals surface area contributed by atoms with Gasteiger partial charge in [-0.25, -0.2) is 9.59 Å². The molecule has 1 aliphatic heterocycles. The van der Waals surface area contributed by atoms with Crippen LogP contribution in [0.5, 0.6) is 0 Å². The predicted octanol–water partition coefficient (Wildman–Crippen LogP) is 1.04. The van der Waals surface area contributed by atoms with Crippen molar-refractivity contribution in [1.29, 1.82) is 0 Å². The number of aliphatic hydroxyl groups is 1. The molecule has 1 saturated heterocycles. The third-order valence-corrected chi connectivity index (χ3v) is 3.64. The van der Waals surface area contributed by atoms with E-state index >= 15 is 0 Å². The lowest BCUT2D eigenvalue weighted by atomic mass is 10.0. The molecule has 1 fully saturated rings. The van der Waals surface area contributed by atoms with Crippen molar-refractivity contribution in [2.45, 2.75) is 51.7 Å². The number of aliphatic carboxylic acids is 1. The van der Waals surface area contributed by atoms with E-state index < -0.39 is 18.1 Å². The maximum Gasteiger partial charge on any atom is 0.326 e. The summed E-state index contributed by atoms with van der Waals surface area (Å²) in [5.74, 6) is -0.905. The van der Waals surface area contributed by atoms with E-state index in [1.165, 1.54) is 0 Å². The van der Waals surface area contributed by atoms with Crippen LogP contribution >= 0.6 is 0 Å². The zero-order valence-corrected chi connectivity index (χ0v) is 11.6. The zero-order chi connectivity index (χ0) is 14.4. The molecule has 6 heteroatoms. The number of carbonyl (C=O) groups is 2. The molecule has 0 radical (unpaired) electrons. The molecule has 1 aliphatic rings. The van der Waals surface area contributed by atoms with Crippen LogP contribution in [-0.4, -0.2) is 52.3 Å². The van der Waals surface area contributed by atoms with Gasteiger partial charge in [0.25, 0.3) is 0 Å². The second-order valence-corrected chi connectivity index (χ2v) is 5.22. The summed E-state index contributed by atoms with van der Waals surface area (Å²) in [7, 11) is 0. The van der Waals surface area contributed by atoms with Gasteiger partial charge in [-0.05, 0) is 19.8 Å². The molecule has 6 nitrogen and oxygen atoms in total. The second kappa shape index (κ2) is 7.33. The van der Waals surface area contributed by atoms with E-state index in [1.807, 2.05) is 6.92 Å². The van der Waals surface area contributed by atoms with E-state index in [2.05, 4.69) is 5.32 Å². The van der Waals surface area contributed by atoms with Crippen LogP contribution in [-0.2, 0) is 4.79 Å². The van der Waals surface area contributed by atoms with Gasteiger partial charge in [0, 0.05) is 19.0 Å². The zero-order valence-electron chi connectivity index (χ0n) is 11.6. The number of hydrogen-bond acceptors (Lipinski definition) is 3. The highest BCUT2D eigenvalue weighted by atomic mass is 16.4. The number of unbranched alkanes of at least 4 members (excludes halogenated alkanes) is 1. The summed E-state index contributed by atoms with van der Waals surface area (Å²) in [5.41, 5.74) is 0. The molecule has 0 aromatic carbocycles. The first-order valence-corrected chi connectivity index (χ1v) is 6.92. The first kappa shape index (κ1) is 15.8. The van der Waals surface area contributed by atoms with Crippen LogP contribution in [0.25, 0.3) is 0 Å². The Labute approximate surface area is 113 Å². The van der Waals surface area contributed by atoms with Crippen molar-refractivity contribution < 1.29 is 19.8 Å². The minimum Gasteiger partial charge on any atom is -0.480 e. The lowest BCUT2D eigenvalue weighted by molar-refractivity contribution is -0.139. The summed E-state index contributed by atoms with van der Waals surface area (Å²) in [6.07, 6.45) is 2.44. The molecule has 0 spiro atoms. The molecule has 0 bridgehead atoms. The van der Waals surface area contributed by atoms with E-state index in [0.717, 1.165) is 19.3 Å². The van der Waals surface area contributed by atoms with Gasteiger partial charge in [0.2, 0.25) is 0 Å². The van der Waals surface area contributed by atoms with Crippen molar-refractivity contribution >= 4 is 12.0 Å². The fourth-order valence-electron chi connectivity index (χ4n) is 2.27. The number of amides is 2. The number of carboxylic acid groups (broad SMARTS) is 1. The monoisotopic (exact) mass is 272 g/mol. The fourth-order valence-corrected chi connectivity index (χ4v) is 2.27. The molecule has 19 heavy (non-hydrogen) atoms. The number of rotatable bonds is 6. The first-order valence-electron chi connectivity index (χ1n) is 6.92. The number of carbonyl (C=O) groups excluding carboxylic acids is 1. The van der Waals surface area contributed by atoms with Crippen LogP contribution in [0.2, 0.25) is 0 Å². The van der Waals surface area contributed by atoms with Gasteiger partial charge in [-0.3, -0.25) is 0 Å². The predicted molar refractivity (Wildman–Crippen MR) is 70.8 cm³/mol. The Morgan fingerprint density at radius 3 is 2.63 bits per heavy atom. The van der Waals surface area contributed by atoms with Crippen molar-refractivity contribution in [3.8, 4) is 0 Å². The topological polar surface area (TPSA) is 89.9 Å². The van der Waals surface area contributed by atoms with Gasteiger partial charge in [-0.2, -0.15) is 0 Å². The van der Waals surface area contributed by atoms with Crippen molar-refractivity contribution in [1.82, 2.24) is 10.2 Å². The Morgan fingerprint density at radius 1 is 1.47 bits per heavy atom. The maximum absolute atomic E-state index is 12.0. The summed E-state index contributed by atoms with van der Waals surface area (Å²) in [6.45, 7) is 4.76. The lowest BCUT2D eigenvalue weighted by Gasteiger charge is -2.21. The highest BCUT2D eigenvalue weighted by Gasteiger charge is 2.30. The summed E-state index contributed by atoms with van der Waals surface area (Å²) in [6, 6.07) is -1.16. The maximum atomic E-state index is 12.0. The van der Waals surface area contributed by atoms with Gasteiger partial charge in [-0.1, -0.05) is 19.8 Å². The highest BCUT2D eigenvalue weighted by molar-refractivity contribution is 5.82. The Morgan fingerprint density at radius 2 is 2.16 bits per heavy atom. The van der Waals surface area contributed by atoms with Gasteiger partial charge in [0.15, 0.2) is 0 Å². The Balaban J connectivity index is 2.46. The average molecular weight is 272 g/mol. The van der Waals surface area contributed by atoms with Gasteiger partial charge >= 0.3 is 12.0 Å².